The molecule has 214 valence electrons. The maximum Gasteiger partial charge on any atom is 0.0792 e. The molecule has 9 rings (SSSR count). The predicted octanol–water partition coefficient (Wildman–Crippen LogP) is 11.8. The minimum atomic E-state index is 0.980. The van der Waals surface area contributed by atoms with Crippen LogP contribution in [0.2, 0.25) is 0 Å². The van der Waals surface area contributed by atoms with Gasteiger partial charge in [0.15, 0.2) is 0 Å². The minimum Gasteiger partial charge on any atom is -0.256 e. The lowest BCUT2D eigenvalue weighted by Gasteiger charge is -2.20. The first-order chi connectivity index (χ1) is 22.9. The van der Waals surface area contributed by atoms with Gasteiger partial charge in [-0.3, -0.25) is 9.97 Å². The number of rotatable bonds is 4. The molecule has 0 atom stereocenters. The van der Waals surface area contributed by atoms with E-state index in [0.29, 0.717) is 0 Å². The summed E-state index contributed by atoms with van der Waals surface area (Å²) in [5.74, 6) is 0. The lowest BCUT2D eigenvalue weighted by Crippen LogP contribution is -1.97. The van der Waals surface area contributed by atoms with Gasteiger partial charge >= 0.3 is 0 Å². The summed E-state index contributed by atoms with van der Waals surface area (Å²) in [5.41, 5.74) is 8.85. The lowest BCUT2D eigenvalue weighted by atomic mass is 9.84. The minimum absolute atomic E-state index is 0.980. The summed E-state index contributed by atoms with van der Waals surface area (Å²) in [4.78, 5) is 10.2. The summed E-state index contributed by atoms with van der Waals surface area (Å²) < 4.78 is 0. The average Bonchev–Trinajstić information content (AvgIpc) is 3.13. The van der Waals surface area contributed by atoms with Crippen LogP contribution in [0.1, 0.15) is 0 Å². The molecular formula is C44H28N2. The third-order valence-corrected chi connectivity index (χ3v) is 9.18. The van der Waals surface area contributed by atoms with Crippen LogP contribution < -0.4 is 0 Å². The molecule has 0 amide bonds. The maximum atomic E-state index is 5.12. The van der Waals surface area contributed by atoms with Crippen molar-refractivity contribution in [1.82, 2.24) is 9.97 Å². The topological polar surface area (TPSA) is 25.8 Å². The fourth-order valence-corrected chi connectivity index (χ4v) is 7.20. The summed E-state index contributed by atoms with van der Waals surface area (Å²) in [7, 11) is 0. The number of fused-ring (bicyclic) bond motifs is 4. The average molecular weight is 585 g/mol. The van der Waals surface area contributed by atoms with E-state index in [9.17, 15) is 0 Å². The molecule has 0 aliphatic heterocycles. The molecule has 7 aromatic carbocycles. The van der Waals surface area contributed by atoms with E-state index < -0.39 is 0 Å². The quantitative estimate of drug-likeness (QED) is 0.192. The molecule has 0 N–H and O–H groups in total. The fourth-order valence-electron chi connectivity index (χ4n) is 7.20. The Hall–Kier alpha value is -6.12. The number of hydrogen-bond acceptors (Lipinski definition) is 2. The SMILES string of the molecule is c1cnc(-c2c3ccccc3c(-c3ncccc3-c3cccc4ccccc34)c3ccccc23)c(-c2cccc3ccccc23)c1. The molecule has 0 unspecified atom stereocenters. The lowest BCUT2D eigenvalue weighted by molar-refractivity contribution is 1.33. The molecule has 2 nitrogen and oxygen atoms in total. The Morgan fingerprint density at radius 1 is 0.261 bits per heavy atom. The molecule has 9 aromatic rings. The van der Waals surface area contributed by atoms with Crippen molar-refractivity contribution in [3.8, 4) is 44.8 Å². The Morgan fingerprint density at radius 3 is 1.00 bits per heavy atom. The van der Waals surface area contributed by atoms with Gasteiger partial charge in [0.2, 0.25) is 0 Å². The normalized spacial score (nSPS) is 11.5. The van der Waals surface area contributed by atoms with Crippen LogP contribution in [0.4, 0.5) is 0 Å². The fraction of sp³-hybridized carbons (Fsp3) is 0. The van der Waals surface area contributed by atoms with Crippen molar-refractivity contribution in [3.63, 3.8) is 0 Å². The number of aromatic nitrogens is 2. The van der Waals surface area contributed by atoms with E-state index in [1.807, 2.05) is 24.5 Å². The number of benzene rings is 7. The highest BCUT2D eigenvalue weighted by Crippen LogP contribution is 2.47. The van der Waals surface area contributed by atoms with E-state index in [1.54, 1.807) is 0 Å². The standard InChI is InChI=1S/C44H28N2/c1-3-17-31-29(13-1)15-9-23-33(31)39-25-11-27-45-43(39)41-35-19-5-7-21-37(35)42(38-22-8-6-20-36(38)41)44-40(26-12-28-46-44)34-24-10-16-30-14-2-4-18-32(30)34/h1-28H. The highest BCUT2D eigenvalue weighted by atomic mass is 14.7. The number of nitrogens with zero attached hydrogens (tertiary/aromatic N) is 2. The van der Waals surface area contributed by atoms with Gasteiger partial charge in [-0.25, -0.2) is 0 Å². The van der Waals surface area contributed by atoms with Gasteiger partial charge < -0.3 is 0 Å². The van der Waals surface area contributed by atoms with Crippen molar-refractivity contribution in [2.45, 2.75) is 0 Å². The third kappa shape index (κ3) is 4.12. The smallest absolute Gasteiger partial charge is 0.0792 e. The van der Waals surface area contributed by atoms with Gasteiger partial charge in [0, 0.05) is 34.6 Å². The van der Waals surface area contributed by atoms with Gasteiger partial charge in [0.25, 0.3) is 0 Å². The largest absolute Gasteiger partial charge is 0.256 e. The van der Waals surface area contributed by atoms with E-state index in [-0.39, 0.29) is 0 Å². The summed E-state index contributed by atoms with van der Waals surface area (Å²) in [6, 6.07) is 56.2. The molecule has 0 saturated carbocycles. The number of pyridine rings is 2. The van der Waals surface area contributed by atoms with Crippen molar-refractivity contribution in [3.05, 3.63) is 170 Å². The van der Waals surface area contributed by atoms with Crippen LogP contribution in [0.3, 0.4) is 0 Å². The molecule has 0 saturated heterocycles. The van der Waals surface area contributed by atoms with Crippen molar-refractivity contribution < 1.29 is 0 Å². The second-order valence-electron chi connectivity index (χ2n) is 11.7. The molecule has 0 aliphatic rings. The summed E-state index contributed by atoms with van der Waals surface area (Å²) in [5, 5.41) is 9.51. The van der Waals surface area contributed by atoms with Crippen LogP contribution in [0, 0.1) is 0 Å². The predicted molar refractivity (Wildman–Crippen MR) is 194 cm³/mol. The van der Waals surface area contributed by atoms with Gasteiger partial charge in [0.1, 0.15) is 0 Å². The van der Waals surface area contributed by atoms with Gasteiger partial charge in [-0.15, -0.1) is 0 Å². The summed E-state index contributed by atoms with van der Waals surface area (Å²) in [6.07, 6.45) is 3.83. The van der Waals surface area contributed by atoms with Crippen molar-refractivity contribution in [1.29, 1.82) is 0 Å². The first-order valence-electron chi connectivity index (χ1n) is 15.7. The molecule has 0 radical (unpaired) electrons. The van der Waals surface area contributed by atoms with Crippen LogP contribution in [0.5, 0.6) is 0 Å². The molecule has 2 aromatic heterocycles. The zero-order valence-electron chi connectivity index (χ0n) is 25.1. The molecule has 0 bridgehead atoms. The van der Waals surface area contributed by atoms with Gasteiger partial charge in [-0.05, 0) is 66.3 Å². The van der Waals surface area contributed by atoms with Crippen molar-refractivity contribution in [2.24, 2.45) is 0 Å². The maximum absolute atomic E-state index is 5.12. The highest BCUT2D eigenvalue weighted by Gasteiger charge is 2.22. The van der Waals surface area contributed by atoms with Crippen LogP contribution in [0.15, 0.2) is 170 Å². The van der Waals surface area contributed by atoms with E-state index in [0.717, 1.165) is 55.2 Å². The second-order valence-corrected chi connectivity index (χ2v) is 11.7. The van der Waals surface area contributed by atoms with Crippen LogP contribution in [-0.2, 0) is 0 Å². The zero-order valence-corrected chi connectivity index (χ0v) is 25.1. The molecule has 2 heterocycles. The highest BCUT2D eigenvalue weighted by molar-refractivity contribution is 6.23. The summed E-state index contributed by atoms with van der Waals surface area (Å²) in [6.45, 7) is 0. The van der Waals surface area contributed by atoms with E-state index in [4.69, 9.17) is 9.97 Å². The van der Waals surface area contributed by atoms with Crippen LogP contribution in [-0.4, -0.2) is 9.97 Å². The molecule has 46 heavy (non-hydrogen) atoms. The molecule has 0 aliphatic carbocycles. The van der Waals surface area contributed by atoms with E-state index in [1.165, 1.54) is 32.7 Å². The summed E-state index contributed by atoms with van der Waals surface area (Å²) >= 11 is 0. The Labute approximate surface area is 267 Å². The molecule has 2 heteroatoms. The zero-order chi connectivity index (χ0) is 30.5. The monoisotopic (exact) mass is 584 g/mol. The second kappa shape index (κ2) is 10.8. The van der Waals surface area contributed by atoms with Crippen LogP contribution in [0.25, 0.3) is 87.9 Å². The Kier molecular flexibility index (Phi) is 6.17. The molecule has 0 spiro atoms. The van der Waals surface area contributed by atoms with Gasteiger partial charge in [0.05, 0.1) is 11.4 Å². The van der Waals surface area contributed by atoms with Crippen molar-refractivity contribution in [2.75, 3.05) is 0 Å². The van der Waals surface area contributed by atoms with Gasteiger partial charge in [-0.1, -0.05) is 146 Å². The Morgan fingerprint density at radius 2 is 0.587 bits per heavy atom. The Balaban J connectivity index is 1.38. The molecular weight excluding hydrogens is 556 g/mol. The third-order valence-electron chi connectivity index (χ3n) is 9.18. The molecule has 0 fully saturated rings. The van der Waals surface area contributed by atoms with Crippen LogP contribution >= 0.6 is 0 Å². The first-order valence-corrected chi connectivity index (χ1v) is 15.7. The van der Waals surface area contributed by atoms with E-state index in [2.05, 4.69) is 146 Å². The van der Waals surface area contributed by atoms with E-state index >= 15 is 0 Å². The Bertz CT molecular complexity index is 2350. The number of hydrogen-bond donors (Lipinski definition) is 0. The van der Waals surface area contributed by atoms with Gasteiger partial charge in [-0.2, -0.15) is 0 Å². The van der Waals surface area contributed by atoms with Crippen molar-refractivity contribution >= 4 is 43.1 Å². The first kappa shape index (κ1) is 26.3.